The van der Waals surface area contributed by atoms with E-state index in [1.807, 2.05) is 31.2 Å². The zero-order valence-electron chi connectivity index (χ0n) is 26.8. The van der Waals surface area contributed by atoms with Crippen molar-refractivity contribution in [3.63, 3.8) is 0 Å². The summed E-state index contributed by atoms with van der Waals surface area (Å²) in [5.74, 6) is -1.01. The Morgan fingerprint density at radius 2 is 1.82 bits per heavy atom. The Labute approximate surface area is 296 Å². The van der Waals surface area contributed by atoms with E-state index in [2.05, 4.69) is 10.4 Å². The molecule has 4 aromatic carbocycles. The van der Waals surface area contributed by atoms with Gasteiger partial charge in [0.1, 0.15) is 17.3 Å². The second-order valence-electron chi connectivity index (χ2n) is 11.6. The summed E-state index contributed by atoms with van der Waals surface area (Å²) in [4.78, 5) is 38.8. The van der Waals surface area contributed by atoms with Crippen molar-refractivity contribution >= 4 is 46.7 Å². The zero-order valence-corrected chi connectivity index (χ0v) is 28.3. The minimum absolute atomic E-state index is 0.0219. The first-order chi connectivity index (χ1) is 24.1. The molecule has 0 aliphatic carbocycles. The maximum Gasteiger partial charge on any atom is 0.305 e. The fourth-order valence-electron chi connectivity index (χ4n) is 5.54. The van der Waals surface area contributed by atoms with Crippen LogP contribution in [0, 0.1) is 12.7 Å². The molecule has 0 radical (unpaired) electrons. The molecule has 10 nitrogen and oxygen atoms in total. The van der Waals surface area contributed by atoms with Gasteiger partial charge in [0.05, 0.1) is 31.5 Å². The predicted molar refractivity (Wildman–Crippen MR) is 187 cm³/mol. The molecule has 0 bridgehead atoms. The molecule has 2 heterocycles. The molecule has 1 aliphatic rings. The molecule has 5 aromatic rings. The van der Waals surface area contributed by atoms with Crippen LogP contribution in [-0.4, -0.2) is 52.4 Å². The van der Waals surface area contributed by atoms with Crippen LogP contribution >= 0.6 is 23.2 Å². The summed E-state index contributed by atoms with van der Waals surface area (Å²) in [7, 11) is 0. The summed E-state index contributed by atoms with van der Waals surface area (Å²) in [5, 5.41) is 16.2. The van der Waals surface area contributed by atoms with Gasteiger partial charge < -0.3 is 24.8 Å². The number of fused-ring (bicyclic) bond motifs is 1. The predicted octanol–water partition coefficient (Wildman–Crippen LogP) is 7.78. The van der Waals surface area contributed by atoms with Gasteiger partial charge in [0, 0.05) is 62.7 Å². The molecular weight excluding hydrogens is 686 g/mol. The number of nitrogens with zero attached hydrogens (tertiary/aromatic N) is 3. The van der Waals surface area contributed by atoms with Crippen LogP contribution in [0.15, 0.2) is 85.2 Å². The molecule has 13 heteroatoms. The van der Waals surface area contributed by atoms with Crippen LogP contribution in [0.5, 0.6) is 17.2 Å². The van der Waals surface area contributed by atoms with Gasteiger partial charge in [-0.25, -0.2) is 4.39 Å². The Bertz CT molecular complexity index is 2080. The van der Waals surface area contributed by atoms with Gasteiger partial charge in [0.25, 0.3) is 11.8 Å². The molecule has 2 N–H and O–H groups in total. The number of carbonyl (C=O) groups is 3. The summed E-state index contributed by atoms with van der Waals surface area (Å²) < 4.78 is 29.0. The second kappa shape index (κ2) is 15.0. The van der Waals surface area contributed by atoms with E-state index in [0.717, 1.165) is 11.6 Å². The number of aliphatic carboxylic acids is 1. The van der Waals surface area contributed by atoms with Crippen molar-refractivity contribution in [2.45, 2.75) is 26.3 Å². The number of hydrogen-bond donors (Lipinski definition) is 2. The number of halogens is 3. The number of anilines is 1. The van der Waals surface area contributed by atoms with E-state index in [1.54, 1.807) is 53.7 Å². The van der Waals surface area contributed by atoms with Crippen LogP contribution < -0.4 is 19.7 Å². The summed E-state index contributed by atoms with van der Waals surface area (Å²) in [6.45, 7) is 2.55. The number of benzene rings is 4. The molecule has 0 saturated carbocycles. The van der Waals surface area contributed by atoms with Crippen LogP contribution in [0.25, 0.3) is 11.1 Å². The summed E-state index contributed by atoms with van der Waals surface area (Å²) in [6.07, 6.45) is 3.67. The Morgan fingerprint density at radius 1 is 1.02 bits per heavy atom. The lowest BCUT2D eigenvalue weighted by molar-refractivity contribution is -0.136. The molecule has 0 atom stereocenters. The number of carboxylic acid groups (broad SMARTS) is 1. The number of rotatable bonds is 10. The maximum absolute atomic E-state index is 15.2. The largest absolute Gasteiger partial charge is 0.491 e. The van der Waals surface area contributed by atoms with E-state index in [9.17, 15) is 14.4 Å². The minimum Gasteiger partial charge on any atom is -0.491 e. The normalized spacial score (nSPS) is 12.4. The quantitative estimate of drug-likeness (QED) is 0.151. The molecule has 0 spiro atoms. The van der Waals surface area contributed by atoms with Crippen molar-refractivity contribution in [3.05, 3.63) is 123 Å². The first-order valence-electron chi connectivity index (χ1n) is 15.7. The van der Waals surface area contributed by atoms with Gasteiger partial charge >= 0.3 is 5.97 Å². The Balaban J connectivity index is 1.22. The van der Waals surface area contributed by atoms with Crippen LogP contribution in [0.4, 0.5) is 10.1 Å². The first-order valence-corrected chi connectivity index (χ1v) is 16.5. The average Bonchev–Trinajstić information content (AvgIpc) is 3.45. The van der Waals surface area contributed by atoms with Gasteiger partial charge in [-0.2, -0.15) is 5.10 Å². The fourth-order valence-corrected chi connectivity index (χ4v) is 5.97. The minimum atomic E-state index is -1.06. The molecule has 0 fully saturated rings. The molecule has 0 saturated heterocycles. The Morgan fingerprint density at radius 3 is 2.62 bits per heavy atom. The van der Waals surface area contributed by atoms with E-state index in [1.165, 1.54) is 10.7 Å². The molecular formula is C37H31Cl2FN4O6. The highest BCUT2D eigenvalue weighted by atomic mass is 35.5. The number of amides is 2. The monoisotopic (exact) mass is 716 g/mol. The number of aromatic nitrogens is 2. The molecule has 0 unspecified atom stereocenters. The van der Waals surface area contributed by atoms with Gasteiger partial charge in [-0.1, -0.05) is 47.5 Å². The highest BCUT2D eigenvalue weighted by molar-refractivity contribution is 6.32. The summed E-state index contributed by atoms with van der Waals surface area (Å²) in [6, 6.07) is 20.3. The van der Waals surface area contributed by atoms with E-state index in [0.29, 0.717) is 64.2 Å². The highest BCUT2D eigenvalue weighted by Crippen LogP contribution is 2.41. The topological polar surface area (TPSA) is 123 Å². The standard InChI is InChI=1S/C37H31Cl2FN4O6/c1-22-29(38)9-4-11-33(22)50-26-7-2-6-23(16-26)37(48)44-14-5-15-49-35-27(8-3-10-32(35)44)25-19-42-43(20-25)21-28-30(39)17-24(18-31(28)40)36(47)41-13-12-34(45)46/h2-4,6-11,16-20H,5,12-15,21H2,1H3,(H,41,47)(H,45,46). The smallest absolute Gasteiger partial charge is 0.305 e. The van der Waals surface area contributed by atoms with Gasteiger partial charge in [-0.15, -0.1) is 0 Å². The fraction of sp³-hybridized carbons (Fsp3) is 0.189. The maximum atomic E-state index is 15.2. The summed E-state index contributed by atoms with van der Waals surface area (Å²) in [5.41, 5.74) is 3.30. The number of hydrogen-bond acceptors (Lipinski definition) is 6. The lowest BCUT2D eigenvalue weighted by atomic mass is 10.1. The molecule has 256 valence electrons. The molecule has 6 rings (SSSR count). The Kier molecular flexibility index (Phi) is 10.4. The van der Waals surface area contributed by atoms with Crippen molar-refractivity contribution in [2.75, 3.05) is 24.6 Å². The number of para-hydroxylation sites is 1. The van der Waals surface area contributed by atoms with Crippen molar-refractivity contribution in [1.29, 1.82) is 0 Å². The van der Waals surface area contributed by atoms with Gasteiger partial charge in [0.15, 0.2) is 5.75 Å². The van der Waals surface area contributed by atoms with Crippen molar-refractivity contribution in [2.24, 2.45) is 0 Å². The number of nitrogens with one attached hydrogen (secondary N) is 1. The van der Waals surface area contributed by atoms with Gasteiger partial charge in [0.2, 0.25) is 0 Å². The average molecular weight is 718 g/mol. The highest BCUT2D eigenvalue weighted by Gasteiger charge is 2.26. The van der Waals surface area contributed by atoms with Gasteiger partial charge in [-0.3, -0.25) is 19.1 Å². The van der Waals surface area contributed by atoms with Crippen LogP contribution in [0.3, 0.4) is 0 Å². The van der Waals surface area contributed by atoms with E-state index in [4.69, 9.17) is 37.8 Å². The zero-order chi connectivity index (χ0) is 35.4. The lowest BCUT2D eigenvalue weighted by Gasteiger charge is -2.23. The molecule has 1 aliphatic heterocycles. The van der Waals surface area contributed by atoms with E-state index < -0.39 is 17.7 Å². The van der Waals surface area contributed by atoms with Crippen molar-refractivity contribution in [3.8, 4) is 28.4 Å². The molecule has 50 heavy (non-hydrogen) atoms. The SMILES string of the molecule is Cc1c(Cl)cccc1Oc1cccc(C(=O)N2CCCOc3c(-c4cnn(Cc5c(F)cc(C(=O)NCCC(=O)O)cc5Cl)c4)cccc32)c1. The third-order valence-electron chi connectivity index (χ3n) is 8.12. The lowest BCUT2D eigenvalue weighted by Crippen LogP contribution is -2.31. The van der Waals surface area contributed by atoms with Crippen LogP contribution in [0.1, 0.15) is 44.7 Å². The van der Waals surface area contributed by atoms with Crippen LogP contribution in [-0.2, 0) is 11.3 Å². The van der Waals surface area contributed by atoms with Crippen LogP contribution in [0.2, 0.25) is 10.0 Å². The number of carbonyl (C=O) groups excluding carboxylic acids is 2. The Hall–Kier alpha value is -5.39. The molecule has 2 amide bonds. The second-order valence-corrected chi connectivity index (χ2v) is 12.4. The number of ether oxygens (including phenoxy) is 2. The van der Waals surface area contributed by atoms with Gasteiger partial charge in [-0.05, 0) is 61.9 Å². The third kappa shape index (κ3) is 7.59. The molecule has 1 aromatic heterocycles. The van der Waals surface area contributed by atoms with E-state index >= 15 is 4.39 Å². The first kappa shape index (κ1) is 34.5. The number of carboxylic acids is 1. The van der Waals surface area contributed by atoms with Crippen molar-refractivity contribution in [1.82, 2.24) is 15.1 Å². The van der Waals surface area contributed by atoms with Crippen molar-refractivity contribution < 1.29 is 33.4 Å². The van der Waals surface area contributed by atoms with E-state index in [-0.39, 0.29) is 41.6 Å². The third-order valence-corrected chi connectivity index (χ3v) is 8.87. The summed E-state index contributed by atoms with van der Waals surface area (Å²) >= 11 is 12.6.